The van der Waals surface area contributed by atoms with E-state index in [1.807, 2.05) is 0 Å². The number of hydrogen-bond acceptors (Lipinski definition) is 2. The number of carbonyl (C=O) groups is 1. The van der Waals surface area contributed by atoms with Gasteiger partial charge in [-0.2, -0.15) is 0 Å². The van der Waals surface area contributed by atoms with Crippen LogP contribution in [-0.4, -0.2) is 19.0 Å². The van der Waals surface area contributed by atoms with Crippen LogP contribution in [-0.2, 0) is 4.79 Å². The van der Waals surface area contributed by atoms with Crippen LogP contribution in [0.25, 0.3) is 0 Å². The third kappa shape index (κ3) is 5.78. The van der Waals surface area contributed by atoms with E-state index >= 15 is 0 Å². The highest BCUT2D eigenvalue weighted by molar-refractivity contribution is 5.85. The average Bonchev–Trinajstić information content (AvgIpc) is 2.54. The van der Waals surface area contributed by atoms with E-state index in [0.29, 0.717) is 24.2 Å². The zero-order valence-corrected chi connectivity index (χ0v) is 16.3. The Balaban J connectivity index is 0.00000288. The van der Waals surface area contributed by atoms with Crippen molar-refractivity contribution < 1.29 is 4.79 Å². The van der Waals surface area contributed by atoms with Crippen LogP contribution in [0, 0.1) is 24.7 Å². The van der Waals surface area contributed by atoms with Gasteiger partial charge in [0.1, 0.15) is 0 Å². The van der Waals surface area contributed by atoms with Crippen LogP contribution in [0.15, 0.2) is 24.3 Å². The van der Waals surface area contributed by atoms with Crippen molar-refractivity contribution >= 4 is 18.3 Å². The highest BCUT2D eigenvalue weighted by atomic mass is 35.5. The van der Waals surface area contributed by atoms with Crippen molar-refractivity contribution in [2.45, 2.75) is 53.0 Å². The summed E-state index contributed by atoms with van der Waals surface area (Å²) in [6.45, 7) is 10.9. The normalized spacial score (nSPS) is 20.1. The quantitative estimate of drug-likeness (QED) is 0.803. The summed E-state index contributed by atoms with van der Waals surface area (Å²) in [4.78, 5) is 12.6. The van der Waals surface area contributed by atoms with Gasteiger partial charge in [0.05, 0.1) is 6.04 Å². The molecule has 1 heterocycles. The van der Waals surface area contributed by atoms with Crippen LogP contribution < -0.4 is 10.6 Å². The van der Waals surface area contributed by atoms with Crippen molar-refractivity contribution in [1.29, 1.82) is 0 Å². The third-order valence-corrected chi connectivity index (χ3v) is 5.15. The minimum atomic E-state index is 0. The van der Waals surface area contributed by atoms with Crippen LogP contribution >= 0.6 is 12.4 Å². The molecule has 4 heteroatoms. The maximum absolute atomic E-state index is 12.6. The van der Waals surface area contributed by atoms with Gasteiger partial charge in [-0.15, -0.1) is 12.4 Å². The number of benzene rings is 1. The van der Waals surface area contributed by atoms with Crippen LogP contribution in [0.5, 0.6) is 0 Å². The Morgan fingerprint density at radius 1 is 1.29 bits per heavy atom. The van der Waals surface area contributed by atoms with Gasteiger partial charge in [-0.25, -0.2) is 0 Å². The molecule has 1 aliphatic rings. The first kappa shape index (κ1) is 21.0. The second kappa shape index (κ2) is 10.0. The molecule has 1 aromatic rings. The Morgan fingerprint density at radius 2 is 2.00 bits per heavy atom. The van der Waals surface area contributed by atoms with E-state index < -0.39 is 0 Å². The van der Waals surface area contributed by atoms with Crippen LogP contribution in [0.3, 0.4) is 0 Å². The second-order valence-corrected chi connectivity index (χ2v) is 7.43. The molecular formula is C20H33ClN2O. The van der Waals surface area contributed by atoms with Crippen LogP contribution in [0.2, 0.25) is 0 Å². The summed E-state index contributed by atoms with van der Waals surface area (Å²) >= 11 is 0. The van der Waals surface area contributed by atoms with Gasteiger partial charge >= 0.3 is 0 Å². The first-order chi connectivity index (χ1) is 11.0. The fourth-order valence-corrected chi connectivity index (χ4v) is 3.60. The van der Waals surface area contributed by atoms with E-state index in [9.17, 15) is 4.79 Å². The maximum atomic E-state index is 12.6. The fourth-order valence-electron chi connectivity index (χ4n) is 3.60. The molecule has 1 fully saturated rings. The van der Waals surface area contributed by atoms with Crippen molar-refractivity contribution in [3.05, 3.63) is 35.4 Å². The number of carbonyl (C=O) groups excluding carboxylic acids is 1. The molecule has 3 unspecified atom stereocenters. The highest BCUT2D eigenvalue weighted by Gasteiger charge is 2.24. The molecule has 0 spiro atoms. The summed E-state index contributed by atoms with van der Waals surface area (Å²) < 4.78 is 0. The average molecular weight is 353 g/mol. The van der Waals surface area contributed by atoms with Crippen molar-refractivity contribution in [3.8, 4) is 0 Å². The molecule has 3 atom stereocenters. The molecular weight excluding hydrogens is 320 g/mol. The van der Waals surface area contributed by atoms with E-state index in [2.05, 4.69) is 62.6 Å². The lowest BCUT2D eigenvalue weighted by atomic mass is 9.85. The molecule has 1 saturated heterocycles. The number of nitrogens with one attached hydrogen (secondary N) is 2. The first-order valence-corrected chi connectivity index (χ1v) is 9.04. The topological polar surface area (TPSA) is 41.1 Å². The predicted octanol–water partition coefficient (Wildman–Crippen LogP) is 4.26. The summed E-state index contributed by atoms with van der Waals surface area (Å²) in [5.74, 6) is 1.63. The third-order valence-electron chi connectivity index (χ3n) is 5.15. The number of hydrogen-bond donors (Lipinski definition) is 2. The molecule has 0 saturated carbocycles. The minimum absolute atomic E-state index is 0. The SMILES string of the molecule is Cc1ccccc1C(NC(=O)CC(C)C1CCCNC1)C(C)C.Cl. The number of piperidine rings is 1. The summed E-state index contributed by atoms with van der Waals surface area (Å²) in [5, 5.41) is 6.73. The van der Waals surface area contributed by atoms with Crippen LogP contribution in [0.4, 0.5) is 0 Å². The summed E-state index contributed by atoms with van der Waals surface area (Å²) in [7, 11) is 0. The molecule has 3 nitrogen and oxygen atoms in total. The van der Waals surface area contributed by atoms with Gasteiger partial charge in [0, 0.05) is 6.42 Å². The van der Waals surface area contributed by atoms with Crippen molar-refractivity contribution in [1.82, 2.24) is 10.6 Å². The lowest BCUT2D eigenvalue weighted by Crippen LogP contribution is -2.37. The molecule has 1 aromatic carbocycles. The molecule has 1 aliphatic heterocycles. The van der Waals surface area contributed by atoms with Gasteiger partial charge in [-0.1, -0.05) is 45.0 Å². The number of rotatable bonds is 6. The summed E-state index contributed by atoms with van der Waals surface area (Å²) in [6.07, 6.45) is 3.10. The molecule has 0 radical (unpaired) electrons. The van der Waals surface area contributed by atoms with Gasteiger partial charge in [0.25, 0.3) is 0 Å². The van der Waals surface area contributed by atoms with Crippen molar-refractivity contribution in [2.75, 3.05) is 13.1 Å². The Bertz CT molecular complexity index is 512. The number of halogens is 1. The van der Waals surface area contributed by atoms with E-state index in [-0.39, 0.29) is 24.4 Å². The van der Waals surface area contributed by atoms with E-state index in [0.717, 1.165) is 13.1 Å². The smallest absolute Gasteiger partial charge is 0.220 e. The van der Waals surface area contributed by atoms with Crippen LogP contribution in [0.1, 0.15) is 57.2 Å². The van der Waals surface area contributed by atoms with Gasteiger partial charge in [-0.05, 0) is 61.7 Å². The van der Waals surface area contributed by atoms with Gasteiger partial charge in [-0.3, -0.25) is 4.79 Å². The van der Waals surface area contributed by atoms with Gasteiger partial charge < -0.3 is 10.6 Å². The molecule has 2 rings (SSSR count). The maximum Gasteiger partial charge on any atom is 0.220 e. The molecule has 24 heavy (non-hydrogen) atoms. The second-order valence-electron chi connectivity index (χ2n) is 7.43. The first-order valence-electron chi connectivity index (χ1n) is 9.04. The molecule has 1 amide bonds. The molecule has 0 aromatic heterocycles. The molecule has 136 valence electrons. The lowest BCUT2D eigenvalue weighted by Gasteiger charge is -2.29. The Kier molecular flexibility index (Phi) is 8.79. The summed E-state index contributed by atoms with van der Waals surface area (Å²) in [6, 6.07) is 8.46. The van der Waals surface area contributed by atoms with Gasteiger partial charge in [0.2, 0.25) is 5.91 Å². The van der Waals surface area contributed by atoms with E-state index in [1.165, 1.54) is 24.0 Å². The minimum Gasteiger partial charge on any atom is -0.349 e. The number of amides is 1. The lowest BCUT2D eigenvalue weighted by molar-refractivity contribution is -0.123. The number of aryl methyl sites for hydroxylation is 1. The van der Waals surface area contributed by atoms with E-state index in [4.69, 9.17) is 0 Å². The monoisotopic (exact) mass is 352 g/mol. The highest BCUT2D eigenvalue weighted by Crippen LogP contribution is 2.26. The largest absolute Gasteiger partial charge is 0.349 e. The molecule has 2 N–H and O–H groups in total. The molecule has 0 aliphatic carbocycles. The van der Waals surface area contributed by atoms with E-state index in [1.54, 1.807) is 0 Å². The van der Waals surface area contributed by atoms with Gasteiger partial charge in [0.15, 0.2) is 0 Å². The molecule has 0 bridgehead atoms. The predicted molar refractivity (Wildman–Crippen MR) is 104 cm³/mol. The Hall–Kier alpha value is -1.06. The Labute approximate surface area is 153 Å². The fraction of sp³-hybridized carbons (Fsp3) is 0.650. The van der Waals surface area contributed by atoms with Crippen molar-refractivity contribution in [3.63, 3.8) is 0 Å². The Morgan fingerprint density at radius 3 is 2.58 bits per heavy atom. The summed E-state index contributed by atoms with van der Waals surface area (Å²) in [5.41, 5.74) is 2.49. The standard InChI is InChI=1S/C20H32N2O.ClH/c1-14(2)20(18-10-6-5-8-15(18)3)22-19(23)12-16(4)17-9-7-11-21-13-17;/h5-6,8,10,14,16-17,20-21H,7,9,11-13H2,1-4H3,(H,22,23);1H. The zero-order chi connectivity index (χ0) is 16.8. The van der Waals surface area contributed by atoms with Crippen molar-refractivity contribution in [2.24, 2.45) is 17.8 Å². The zero-order valence-electron chi connectivity index (χ0n) is 15.5.